The van der Waals surface area contributed by atoms with Gasteiger partial charge in [-0.25, -0.2) is 4.79 Å². The average Bonchev–Trinajstić information content (AvgIpc) is 3.16. The summed E-state index contributed by atoms with van der Waals surface area (Å²) >= 11 is 7.65. The first kappa shape index (κ1) is 18.2. The molecule has 1 saturated heterocycles. The predicted molar refractivity (Wildman–Crippen MR) is 102 cm³/mol. The molecule has 134 valence electrons. The molecular formula is C19H23ClN2O2S. The van der Waals surface area contributed by atoms with E-state index in [4.69, 9.17) is 16.3 Å². The molecular weight excluding hydrogens is 356 g/mol. The molecule has 2 amide bonds. The van der Waals surface area contributed by atoms with Gasteiger partial charge in [0.1, 0.15) is 0 Å². The van der Waals surface area contributed by atoms with E-state index in [1.165, 1.54) is 4.88 Å². The third-order valence-corrected chi connectivity index (χ3v) is 5.62. The molecule has 1 aromatic heterocycles. The lowest BCUT2D eigenvalue weighted by Gasteiger charge is -2.34. The van der Waals surface area contributed by atoms with Crippen LogP contribution in [0.1, 0.15) is 23.3 Å². The van der Waals surface area contributed by atoms with Crippen LogP contribution in [0.2, 0.25) is 5.02 Å². The van der Waals surface area contributed by atoms with Gasteiger partial charge < -0.3 is 15.0 Å². The van der Waals surface area contributed by atoms with E-state index in [1.807, 2.05) is 29.2 Å². The number of amides is 2. The van der Waals surface area contributed by atoms with Gasteiger partial charge in [-0.2, -0.15) is 0 Å². The number of nitrogens with zero attached hydrogens (tertiary/aromatic N) is 1. The van der Waals surface area contributed by atoms with Gasteiger partial charge in [-0.05, 0) is 48.4 Å². The standard InChI is InChI=1S/C19H23ClN2O2S/c20-16-5-3-15(4-6-16)14-21-19(23)22(17-8-11-24-12-9-17)10-7-18-2-1-13-25-18/h1-6,13,17H,7-12,14H2,(H,21,23). The summed E-state index contributed by atoms with van der Waals surface area (Å²) < 4.78 is 5.45. The van der Waals surface area contributed by atoms with Crippen molar-refractivity contribution in [1.29, 1.82) is 0 Å². The second-order valence-electron chi connectivity index (χ2n) is 6.15. The van der Waals surface area contributed by atoms with Crippen molar-refractivity contribution in [3.8, 4) is 0 Å². The van der Waals surface area contributed by atoms with Crippen LogP contribution in [-0.2, 0) is 17.7 Å². The van der Waals surface area contributed by atoms with Crippen molar-refractivity contribution in [2.45, 2.75) is 31.8 Å². The van der Waals surface area contributed by atoms with Gasteiger partial charge in [0.15, 0.2) is 0 Å². The summed E-state index contributed by atoms with van der Waals surface area (Å²) in [5.41, 5.74) is 1.04. The number of hydrogen-bond donors (Lipinski definition) is 1. The number of benzene rings is 1. The second kappa shape index (κ2) is 9.22. The van der Waals surface area contributed by atoms with Crippen LogP contribution in [-0.4, -0.2) is 36.7 Å². The van der Waals surface area contributed by atoms with Crippen molar-refractivity contribution >= 4 is 29.0 Å². The molecule has 0 radical (unpaired) electrons. The van der Waals surface area contributed by atoms with Crippen molar-refractivity contribution in [3.05, 3.63) is 57.2 Å². The zero-order valence-electron chi connectivity index (χ0n) is 14.1. The quantitative estimate of drug-likeness (QED) is 0.812. The predicted octanol–water partition coefficient (Wildman–Crippen LogP) is 4.33. The van der Waals surface area contributed by atoms with Gasteiger partial charge in [-0.3, -0.25) is 0 Å². The Morgan fingerprint density at radius 1 is 1.24 bits per heavy atom. The van der Waals surface area contributed by atoms with Crippen LogP contribution in [0.5, 0.6) is 0 Å². The first-order valence-electron chi connectivity index (χ1n) is 8.61. The molecule has 1 fully saturated rings. The molecule has 0 aliphatic carbocycles. The van der Waals surface area contributed by atoms with Crippen molar-refractivity contribution in [1.82, 2.24) is 10.2 Å². The normalized spacial score (nSPS) is 15.1. The maximum atomic E-state index is 12.8. The fourth-order valence-corrected chi connectivity index (χ4v) is 3.84. The smallest absolute Gasteiger partial charge is 0.317 e. The SMILES string of the molecule is O=C(NCc1ccc(Cl)cc1)N(CCc1cccs1)C1CCOCC1. The number of nitrogens with one attached hydrogen (secondary N) is 1. The van der Waals surface area contributed by atoms with Crippen LogP contribution in [0, 0.1) is 0 Å². The minimum absolute atomic E-state index is 0.00148. The molecule has 0 spiro atoms. The molecule has 1 aromatic carbocycles. The number of rotatable bonds is 6. The Morgan fingerprint density at radius 2 is 2.00 bits per heavy atom. The summed E-state index contributed by atoms with van der Waals surface area (Å²) in [6.07, 6.45) is 2.70. The number of urea groups is 1. The summed E-state index contributed by atoms with van der Waals surface area (Å²) in [7, 11) is 0. The molecule has 0 unspecified atom stereocenters. The van der Waals surface area contributed by atoms with E-state index in [1.54, 1.807) is 11.3 Å². The Bertz CT molecular complexity index is 655. The van der Waals surface area contributed by atoms with Gasteiger partial charge in [-0.1, -0.05) is 29.8 Å². The van der Waals surface area contributed by atoms with Crippen LogP contribution in [0.25, 0.3) is 0 Å². The lowest BCUT2D eigenvalue weighted by Crippen LogP contribution is -2.48. The molecule has 25 heavy (non-hydrogen) atoms. The third kappa shape index (κ3) is 5.46. The number of thiophene rings is 1. The average molecular weight is 379 g/mol. The van der Waals surface area contributed by atoms with E-state index in [2.05, 4.69) is 22.8 Å². The van der Waals surface area contributed by atoms with Gasteiger partial charge in [0, 0.05) is 42.2 Å². The van der Waals surface area contributed by atoms with Crippen LogP contribution in [0.4, 0.5) is 4.79 Å². The molecule has 2 aromatic rings. The van der Waals surface area contributed by atoms with E-state index in [0.717, 1.165) is 44.6 Å². The van der Waals surface area contributed by atoms with Crippen molar-refractivity contribution in [2.75, 3.05) is 19.8 Å². The third-order valence-electron chi connectivity index (χ3n) is 4.43. The fourth-order valence-electron chi connectivity index (χ4n) is 3.01. The maximum Gasteiger partial charge on any atom is 0.317 e. The summed E-state index contributed by atoms with van der Waals surface area (Å²) in [4.78, 5) is 16.1. The maximum absolute atomic E-state index is 12.8. The van der Waals surface area contributed by atoms with Gasteiger partial charge in [0.2, 0.25) is 0 Å². The molecule has 0 bridgehead atoms. The number of halogens is 1. The van der Waals surface area contributed by atoms with Crippen LogP contribution in [0.15, 0.2) is 41.8 Å². The second-order valence-corrected chi connectivity index (χ2v) is 7.62. The van der Waals surface area contributed by atoms with Gasteiger partial charge in [0.05, 0.1) is 0 Å². The summed E-state index contributed by atoms with van der Waals surface area (Å²) in [6.45, 7) is 2.70. The summed E-state index contributed by atoms with van der Waals surface area (Å²) in [6, 6.07) is 12.0. The lowest BCUT2D eigenvalue weighted by molar-refractivity contribution is 0.0461. The highest BCUT2D eigenvalue weighted by atomic mass is 35.5. The van der Waals surface area contributed by atoms with Gasteiger partial charge in [0.25, 0.3) is 0 Å². The Labute approximate surface area is 157 Å². The first-order valence-corrected chi connectivity index (χ1v) is 9.87. The number of carbonyl (C=O) groups is 1. The van der Waals surface area contributed by atoms with E-state index >= 15 is 0 Å². The number of hydrogen-bond acceptors (Lipinski definition) is 3. The summed E-state index contributed by atoms with van der Waals surface area (Å²) in [5.74, 6) is 0. The van der Waals surface area contributed by atoms with E-state index in [0.29, 0.717) is 11.6 Å². The van der Waals surface area contributed by atoms with Gasteiger partial charge in [-0.15, -0.1) is 11.3 Å². The summed E-state index contributed by atoms with van der Waals surface area (Å²) in [5, 5.41) is 5.83. The molecule has 0 atom stereocenters. The zero-order chi connectivity index (χ0) is 17.5. The van der Waals surface area contributed by atoms with Crippen molar-refractivity contribution in [2.24, 2.45) is 0 Å². The zero-order valence-corrected chi connectivity index (χ0v) is 15.7. The van der Waals surface area contributed by atoms with Crippen LogP contribution >= 0.6 is 22.9 Å². The molecule has 2 heterocycles. The highest BCUT2D eigenvalue weighted by Crippen LogP contribution is 2.17. The van der Waals surface area contributed by atoms with Crippen molar-refractivity contribution < 1.29 is 9.53 Å². The highest BCUT2D eigenvalue weighted by Gasteiger charge is 2.25. The van der Waals surface area contributed by atoms with Gasteiger partial charge >= 0.3 is 6.03 Å². The van der Waals surface area contributed by atoms with Crippen molar-refractivity contribution in [3.63, 3.8) is 0 Å². The number of ether oxygens (including phenoxy) is 1. The molecule has 6 heteroatoms. The molecule has 1 aliphatic heterocycles. The first-order chi connectivity index (χ1) is 12.2. The molecule has 0 saturated carbocycles. The van der Waals surface area contributed by atoms with Crippen LogP contribution in [0.3, 0.4) is 0 Å². The Morgan fingerprint density at radius 3 is 2.68 bits per heavy atom. The monoisotopic (exact) mass is 378 g/mol. The van der Waals surface area contributed by atoms with Crippen LogP contribution < -0.4 is 5.32 Å². The highest BCUT2D eigenvalue weighted by molar-refractivity contribution is 7.09. The van der Waals surface area contributed by atoms with E-state index < -0.39 is 0 Å². The number of carbonyl (C=O) groups excluding carboxylic acids is 1. The molecule has 3 rings (SSSR count). The minimum Gasteiger partial charge on any atom is -0.381 e. The fraction of sp³-hybridized carbons (Fsp3) is 0.421. The molecule has 1 N–H and O–H groups in total. The van der Waals surface area contributed by atoms with E-state index in [-0.39, 0.29) is 12.1 Å². The topological polar surface area (TPSA) is 41.6 Å². The lowest BCUT2D eigenvalue weighted by atomic mass is 10.1. The van der Waals surface area contributed by atoms with E-state index in [9.17, 15) is 4.79 Å². The minimum atomic E-state index is -0.00148. The molecule has 4 nitrogen and oxygen atoms in total. The Hall–Kier alpha value is -1.56. The molecule has 1 aliphatic rings. The Balaban J connectivity index is 1.59. The Kier molecular flexibility index (Phi) is 6.73. The largest absolute Gasteiger partial charge is 0.381 e.